The summed E-state index contributed by atoms with van der Waals surface area (Å²) in [5.41, 5.74) is 0.775. The molecule has 0 saturated carbocycles. The zero-order valence-corrected chi connectivity index (χ0v) is 14.2. The maximum absolute atomic E-state index is 12.1. The van der Waals surface area contributed by atoms with Crippen LogP contribution in [0.15, 0.2) is 33.8 Å². The highest BCUT2D eigenvalue weighted by atomic mass is 35.5. The van der Waals surface area contributed by atoms with Gasteiger partial charge in [-0.05, 0) is 24.3 Å². The Morgan fingerprint density at radius 2 is 1.88 bits per heavy atom. The van der Waals surface area contributed by atoms with Crippen LogP contribution in [0.25, 0.3) is 11.4 Å². The number of nitrogens with zero attached hydrogens (tertiary/aromatic N) is 3. The van der Waals surface area contributed by atoms with E-state index in [1.165, 1.54) is 7.05 Å². The zero-order chi connectivity index (χ0) is 18.3. The predicted molar refractivity (Wildman–Crippen MR) is 88.5 cm³/mol. The first-order valence-electron chi connectivity index (χ1n) is 7.47. The molecule has 1 aromatic heterocycles. The van der Waals surface area contributed by atoms with Gasteiger partial charge < -0.3 is 15.2 Å². The van der Waals surface area contributed by atoms with Gasteiger partial charge in [0.25, 0.3) is 0 Å². The molecule has 0 spiro atoms. The van der Waals surface area contributed by atoms with Crippen LogP contribution < -0.4 is 10.6 Å². The fourth-order valence-electron chi connectivity index (χ4n) is 1.90. The highest BCUT2D eigenvalue weighted by molar-refractivity contribution is 6.30. The molecule has 0 aliphatic heterocycles. The Kier molecular flexibility index (Phi) is 6.63. The summed E-state index contributed by atoms with van der Waals surface area (Å²) in [7, 11) is 1.48. The zero-order valence-electron chi connectivity index (χ0n) is 13.4. The average molecular weight is 376 g/mol. The molecule has 0 radical (unpaired) electrons. The molecule has 2 rings (SSSR count). The van der Waals surface area contributed by atoms with Gasteiger partial charge in [0.2, 0.25) is 11.7 Å². The number of halogens is 4. The molecule has 1 heterocycles. The number of hydrogen-bond donors (Lipinski definition) is 2. The molecule has 0 unspecified atom stereocenters. The highest BCUT2D eigenvalue weighted by Gasteiger charge is 2.26. The van der Waals surface area contributed by atoms with E-state index in [0.717, 1.165) is 5.56 Å². The van der Waals surface area contributed by atoms with Gasteiger partial charge in [0, 0.05) is 37.1 Å². The van der Waals surface area contributed by atoms with Crippen LogP contribution in [0.2, 0.25) is 5.02 Å². The summed E-state index contributed by atoms with van der Waals surface area (Å²) < 4.78 is 41.5. The van der Waals surface area contributed by atoms with Crippen molar-refractivity contribution >= 4 is 17.6 Å². The fourth-order valence-corrected chi connectivity index (χ4v) is 2.03. The van der Waals surface area contributed by atoms with Crippen molar-refractivity contribution < 1.29 is 17.7 Å². The van der Waals surface area contributed by atoms with Crippen molar-refractivity contribution in [3.8, 4) is 11.4 Å². The maximum atomic E-state index is 12.1. The smallest absolute Gasteiger partial charge is 0.356 e. The van der Waals surface area contributed by atoms with Gasteiger partial charge in [-0.2, -0.15) is 18.2 Å². The second kappa shape index (κ2) is 8.70. The van der Waals surface area contributed by atoms with Gasteiger partial charge in [-0.25, -0.2) is 0 Å². The Morgan fingerprint density at radius 3 is 2.52 bits per heavy atom. The summed E-state index contributed by atoms with van der Waals surface area (Å²) >= 11 is 5.83. The van der Waals surface area contributed by atoms with E-state index in [2.05, 4.69) is 25.8 Å². The number of aromatic nitrogens is 2. The lowest BCUT2D eigenvalue weighted by Crippen LogP contribution is -2.39. The fraction of sp³-hybridized carbons (Fsp3) is 0.400. The summed E-state index contributed by atoms with van der Waals surface area (Å²) in [6.45, 7) is 0.137. The average Bonchev–Trinajstić information content (AvgIpc) is 3.02. The number of alkyl halides is 3. The van der Waals surface area contributed by atoms with Crippen molar-refractivity contribution in [2.75, 3.05) is 20.1 Å². The van der Waals surface area contributed by atoms with Gasteiger partial charge in [0.15, 0.2) is 5.96 Å². The highest BCUT2D eigenvalue weighted by Crippen LogP contribution is 2.19. The van der Waals surface area contributed by atoms with E-state index in [1.54, 1.807) is 24.3 Å². The Bertz CT molecular complexity index is 700. The molecule has 10 heteroatoms. The van der Waals surface area contributed by atoms with E-state index in [0.29, 0.717) is 29.7 Å². The summed E-state index contributed by atoms with van der Waals surface area (Å²) in [5.74, 6) is 1.13. The van der Waals surface area contributed by atoms with Crippen LogP contribution in [0.3, 0.4) is 0 Å². The summed E-state index contributed by atoms with van der Waals surface area (Å²) in [6.07, 6.45) is -4.73. The van der Waals surface area contributed by atoms with E-state index < -0.39 is 12.6 Å². The summed E-state index contributed by atoms with van der Waals surface area (Å²) in [4.78, 5) is 8.11. The minimum absolute atomic E-state index is 0.246. The van der Waals surface area contributed by atoms with Crippen LogP contribution in [0.5, 0.6) is 0 Å². The lowest BCUT2D eigenvalue weighted by molar-refractivity contribution is -0.132. The predicted octanol–water partition coefficient (Wildman–Crippen LogP) is 3.05. The van der Waals surface area contributed by atoms with Crippen LogP contribution in [-0.4, -0.2) is 42.4 Å². The third-order valence-corrected chi connectivity index (χ3v) is 3.38. The minimum atomic E-state index is -4.20. The van der Waals surface area contributed by atoms with E-state index >= 15 is 0 Å². The molecule has 136 valence electrons. The first-order chi connectivity index (χ1) is 11.9. The number of guanidine groups is 1. The molecule has 0 amide bonds. The van der Waals surface area contributed by atoms with Gasteiger partial charge >= 0.3 is 6.18 Å². The van der Waals surface area contributed by atoms with Crippen LogP contribution in [0.1, 0.15) is 12.3 Å². The van der Waals surface area contributed by atoms with Gasteiger partial charge in [0.05, 0.1) is 6.42 Å². The number of nitrogens with one attached hydrogen (secondary N) is 2. The van der Waals surface area contributed by atoms with Crippen molar-refractivity contribution in [2.45, 2.75) is 19.0 Å². The molecule has 0 atom stereocenters. The van der Waals surface area contributed by atoms with Gasteiger partial charge in [-0.1, -0.05) is 16.8 Å². The van der Waals surface area contributed by atoms with Gasteiger partial charge in [-0.3, -0.25) is 4.99 Å². The molecule has 0 fully saturated rings. The first kappa shape index (κ1) is 19.0. The second-order valence-electron chi connectivity index (χ2n) is 5.06. The first-order valence-corrected chi connectivity index (χ1v) is 7.85. The number of benzene rings is 1. The third-order valence-electron chi connectivity index (χ3n) is 3.13. The molecule has 0 aliphatic rings. The Labute approximate surface area is 147 Å². The number of hydrogen-bond acceptors (Lipinski definition) is 4. The third kappa shape index (κ3) is 6.61. The molecule has 25 heavy (non-hydrogen) atoms. The minimum Gasteiger partial charge on any atom is -0.356 e. The molecule has 6 nitrogen and oxygen atoms in total. The van der Waals surface area contributed by atoms with Crippen LogP contribution in [0, 0.1) is 0 Å². The molecule has 2 aromatic rings. The number of rotatable bonds is 6. The second-order valence-corrected chi connectivity index (χ2v) is 5.50. The van der Waals surface area contributed by atoms with Crippen LogP contribution >= 0.6 is 11.6 Å². The molecular weight excluding hydrogens is 359 g/mol. The molecule has 2 N–H and O–H groups in total. The monoisotopic (exact) mass is 375 g/mol. The van der Waals surface area contributed by atoms with Gasteiger partial charge in [-0.15, -0.1) is 0 Å². The van der Waals surface area contributed by atoms with Crippen molar-refractivity contribution in [2.24, 2.45) is 4.99 Å². The van der Waals surface area contributed by atoms with Crippen LogP contribution in [0.4, 0.5) is 13.2 Å². The molecule has 0 aliphatic carbocycles. The standard InChI is InChI=1S/C15H17ClF3N5O/c1-20-14(22-9-7-15(17,18)19)21-8-6-12-23-13(24-25-12)10-2-4-11(16)5-3-10/h2-5H,6-9H2,1H3,(H2,20,21,22). The Morgan fingerprint density at radius 1 is 1.20 bits per heavy atom. The summed E-state index contributed by atoms with van der Waals surface area (Å²) in [6, 6.07) is 7.01. The molecule has 1 aromatic carbocycles. The number of aliphatic imine (C=N–C) groups is 1. The molecular formula is C15H17ClF3N5O. The van der Waals surface area contributed by atoms with Crippen molar-refractivity contribution in [3.05, 3.63) is 35.2 Å². The van der Waals surface area contributed by atoms with Crippen molar-refractivity contribution in [1.82, 2.24) is 20.8 Å². The lowest BCUT2D eigenvalue weighted by Gasteiger charge is -2.12. The quantitative estimate of drug-likeness (QED) is 0.599. The van der Waals surface area contributed by atoms with E-state index in [4.69, 9.17) is 16.1 Å². The molecule has 0 bridgehead atoms. The lowest BCUT2D eigenvalue weighted by atomic mass is 10.2. The molecule has 0 saturated heterocycles. The Hall–Kier alpha value is -2.29. The topological polar surface area (TPSA) is 75.3 Å². The van der Waals surface area contributed by atoms with Crippen LogP contribution in [-0.2, 0) is 6.42 Å². The Balaban J connectivity index is 1.78. The SMILES string of the molecule is CN=C(NCCc1nc(-c2ccc(Cl)cc2)no1)NCCC(F)(F)F. The van der Waals surface area contributed by atoms with E-state index in [-0.39, 0.29) is 12.5 Å². The maximum Gasteiger partial charge on any atom is 0.390 e. The van der Waals surface area contributed by atoms with Crippen molar-refractivity contribution in [1.29, 1.82) is 0 Å². The van der Waals surface area contributed by atoms with Gasteiger partial charge in [0.1, 0.15) is 0 Å². The van der Waals surface area contributed by atoms with E-state index in [9.17, 15) is 13.2 Å². The normalized spacial score (nSPS) is 12.3. The van der Waals surface area contributed by atoms with E-state index in [1.807, 2.05) is 0 Å². The largest absolute Gasteiger partial charge is 0.390 e. The van der Waals surface area contributed by atoms with Crippen molar-refractivity contribution in [3.63, 3.8) is 0 Å². The summed E-state index contributed by atoms with van der Waals surface area (Å²) in [5, 5.41) is 9.97.